The number of nitriles is 1. The number of carbonyl (C=O) groups is 2. The Labute approximate surface area is 203 Å². The molecule has 0 unspecified atom stereocenters. The summed E-state index contributed by atoms with van der Waals surface area (Å²) in [6.45, 7) is 2.99. The zero-order valence-corrected chi connectivity index (χ0v) is 20.1. The van der Waals surface area contributed by atoms with E-state index in [4.69, 9.17) is 0 Å². The SMILES string of the molecule is CCN(C)CC(=O)Nc1cccc(N/C=c2/s/c(=C(/C#N)C(=O)NCC(F)(F)F)n(CC)c2=O)c1. The molecule has 188 valence electrons. The van der Waals surface area contributed by atoms with Crippen molar-refractivity contribution in [3.05, 3.63) is 43.8 Å². The first kappa shape index (κ1) is 27.6. The Balaban J connectivity index is 2.34. The minimum atomic E-state index is -4.64. The second-order valence-electron chi connectivity index (χ2n) is 7.35. The van der Waals surface area contributed by atoms with Crippen LogP contribution in [0.1, 0.15) is 13.8 Å². The minimum Gasteiger partial charge on any atom is -0.360 e. The first-order valence-electron chi connectivity index (χ1n) is 10.5. The quantitative estimate of drug-likeness (QED) is 0.464. The van der Waals surface area contributed by atoms with E-state index in [1.165, 1.54) is 6.20 Å². The molecule has 1 aromatic heterocycles. The van der Waals surface area contributed by atoms with Gasteiger partial charge >= 0.3 is 6.18 Å². The lowest BCUT2D eigenvalue weighted by Crippen LogP contribution is -2.37. The summed E-state index contributed by atoms with van der Waals surface area (Å²) in [6.07, 6.45) is -3.27. The molecule has 9 nitrogen and oxygen atoms in total. The fourth-order valence-electron chi connectivity index (χ4n) is 2.85. The van der Waals surface area contributed by atoms with Gasteiger partial charge in [-0.25, -0.2) is 0 Å². The van der Waals surface area contributed by atoms with Gasteiger partial charge in [-0.3, -0.25) is 23.9 Å². The Kier molecular flexibility index (Phi) is 9.61. The van der Waals surface area contributed by atoms with Crippen LogP contribution in [0.25, 0.3) is 11.8 Å². The molecular formula is C22H25F3N6O3S. The molecule has 2 rings (SSSR count). The molecule has 0 spiro atoms. The largest absolute Gasteiger partial charge is 0.405 e. The summed E-state index contributed by atoms with van der Waals surface area (Å²) >= 11 is 0.804. The van der Waals surface area contributed by atoms with E-state index in [0.717, 1.165) is 22.4 Å². The zero-order valence-electron chi connectivity index (χ0n) is 19.3. The van der Waals surface area contributed by atoms with Crippen molar-refractivity contribution in [2.45, 2.75) is 26.6 Å². The molecule has 2 aromatic rings. The summed E-state index contributed by atoms with van der Waals surface area (Å²) in [5.41, 5.74) is -0.00309. The summed E-state index contributed by atoms with van der Waals surface area (Å²) in [6, 6.07) is 8.36. The Hall–Kier alpha value is -3.63. The molecule has 0 saturated carbocycles. The summed E-state index contributed by atoms with van der Waals surface area (Å²) in [7, 11) is 1.82. The van der Waals surface area contributed by atoms with Gasteiger partial charge in [0.1, 0.15) is 21.8 Å². The van der Waals surface area contributed by atoms with Gasteiger partial charge in [0.2, 0.25) is 5.91 Å². The van der Waals surface area contributed by atoms with E-state index in [-0.39, 0.29) is 28.2 Å². The highest BCUT2D eigenvalue weighted by molar-refractivity contribution is 7.07. The van der Waals surface area contributed by atoms with Gasteiger partial charge < -0.3 is 16.0 Å². The van der Waals surface area contributed by atoms with Crippen molar-refractivity contribution in [3.8, 4) is 6.07 Å². The number of thiazole rings is 1. The number of halogens is 3. The smallest absolute Gasteiger partial charge is 0.360 e. The van der Waals surface area contributed by atoms with Crippen molar-refractivity contribution in [1.29, 1.82) is 5.26 Å². The molecule has 3 N–H and O–H groups in total. The standard InChI is InChI=1S/C22H25F3N6O3S/c1-4-30(3)12-18(32)29-15-8-6-7-14(9-15)27-11-17-20(34)31(5-2)21(35-17)16(10-26)19(33)28-13-22(23,24)25/h6-9,11,27H,4-5,12-13H2,1-3H3,(H,28,33)(H,29,32)/b17-11+,21-16-. The number of aromatic nitrogens is 1. The van der Waals surface area contributed by atoms with E-state index in [0.29, 0.717) is 11.4 Å². The van der Waals surface area contributed by atoms with Crippen LogP contribution >= 0.6 is 11.3 Å². The van der Waals surface area contributed by atoms with Gasteiger partial charge in [-0.05, 0) is 38.7 Å². The van der Waals surface area contributed by atoms with E-state index in [9.17, 15) is 32.8 Å². The zero-order chi connectivity index (χ0) is 26.2. The van der Waals surface area contributed by atoms with Gasteiger partial charge in [0, 0.05) is 24.1 Å². The summed E-state index contributed by atoms with van der Waals surface area (Å²) in [4.78, 5) is 38.8. The van der Waals surface area contributed by atoms with Gasteiger partial charge in [-0.2, -0.15) is 18.4 Å². The Morgan fingerprint density at radius 3 is 2.54 bits per heavy atom. The van der Waals surface area contributed by atoms with Crippen LogP contribution in [0.4, 0.5) is 24.5 Å². The maximum absolute atomic E-state index is 12.8. The normalized spacial score (nSPS) is 12.8. The van der Waals surface area contributed by atoms with Crippen molar-refractivity contribution in [2.24, 2.45) is 0 Å². The number of hydrogen-bond acceptors (Lipinski definition) is 7. The Morgan fingerprint density at radius 1 is 1.26 bits per heavy atom. The van der Waals surface area contributed by atoms with Gasteiger partial charge in [0.25, 0.3) is 11.5 Å². The number of carbonyl (C=O) groups excluding carboxylic acids is 2. The monoisotopic (exact) mass is 510 g/mol. The lowest BCUT2D eigenvalue weighted by atomic mass is 10.2. The van der Waals surface area contributed by atoms with Crippen LogP contribution in [-0.2, 0) is 16.1 Å². The number of likely N-dealkylation sites (N-methyl/N-ethyl adjacent to an activating group) is 1. The number of nitrogens with zero attached hydrogens (tertiary/aromatic N) is 3. The van der Waals surface area contributed by atoms with Gasteiger partial charge in [0.05, 0.1) is 6.54 Å². The van der Waals surface area contributed by atoms with Crippen LogP contribution in [0.5, 0.6) is 0 Å². The fraction of sp³-hybridized carbons (Fsp3) is 0.364. The maximum Gasteiger partial charge on any atom is 0.405 e. The van der Waals surface area contributed by atoms with Crippen molar-refractivity contribution in [2.75, 3.05) is 37.3 Å². The third kappa shape index (κ3) is 7.97. The van der Waals surface area contributed by atoms with Crippen molar-refractivity contribution >= 4 is 46.3 Å². The fourth-order valence-corrected chi connectivity index (χ4v) is 3.94. The van der Waals surface area contributed by atoms with Gasteiger partial charge in [-0.1, -0.05) is 13.0 Å². The molecule has 0 aliphatic carbocycles. The van der Waals surface area contributed by atoms with Gasteiger partial charge in [0.15, 0.2) is 5.57 Å². The average molecular weight is 511 g/mol. The third-order valence-electron chi connectivity index (χ3n) is 4.70. The Bertz CT molecular complexity index is 1290. The van der Waals surface area contributed by atoms with Crippen LogP contribution in [0, 0.1) is 11.3 Å². The Morgan fingerprint density at radius 2 is 1.94 bits per heavy atom. The van der Waals surface area contributed by atoms with Crippen molar-refractivity contribution in [3.63, 3.8) is 0 Å². The molecule has 0 radical (unpaired) electrons. The maximum atomic E-state index is 12.8. The highest BCUT2D eigenvalue weighted by atomic mass is 32.1. The molecule has 1 heterocycles. The van der Waals surface area contributed by atoms with E-state index in [2.05, 4.69) is 10.6 Å². The molecule has 2 amide bonds. The van der Waals surface area contributed by atoms with Crippen molar-refractivity contribution < 1.29 is 22.8 Å². The van der Waals surface area contributed by atoms with Crippen LogP contribution in [0.3, 0.4) is 0 Å². The molecule has 0 saturated heterocycles. The molecule has 0 fully saturated rings. The first-order chi connectivity index (χ1) is 16.5. The number of anilines is 2. The van der Waals surface area contributed by atoms with Crippen LogP contribution < -0.4 is 30.7 Å². The molecular weight excluding hydrogens is 485 g/mol. The van der Waals surface area contributed by atoms with Crippen LogP contribution in [0.2, 0.25) is 0 Å². The predicted octanol–water partition coefficient (Wildman–Crippen LogP) is 1.02. The molecule has 0 aliphatic rings. The van der Waals surface area contributed by atoms with E-state index >= 15 is 0 Å². The van der Waals surface area contributed by atoms with E-state index in [1.54, 1.807) is 42.6 Å². The highest BCUT2D eigenvalue weighted by Crippen LogP contribution is 2.15. The predicted molar refractivity (Wildman–Crippen MR) is 128 cm³/mol. The second-order valence-corrected chi connectivity index (χ2v) is 8.38. The first-order valence-corrected chi connectivity index (χ1v) is 11.3. The van der Waals surface area contributed by atoms with E-state index < -0.39 is 29.8 Å². The topological polar surface area (TPSA) is 119 Å². The summed E-state index contributed by atoms with van der Waals surface area (Å²) in [5.74, 6) is -1.41. The molecule has 1 aromatic carbocycles. The molecule has 35 heavy (non-hydrogen) atoms. The molecule has 0 aliphatic heterocycles. The number of nitrogens with one attached hydrogen (secondary N) is 3. The number of hydrogen-bond donors (Lipinski definition) is 3. The molecule has 0 bridgehead atoms. The molecule has 13 heteroatoms. The summed E-state index contributed by atoms with van der Waals surface area (Å²) in [5, 5.41) is 16.7. The number of alkyl halides is 3. The van der Waals surface area contributed by atoms with E-state index in [1.807, 2.05) is 18.9 Å². The lowest BCUT2D eigenvalue weighted by Gasteiger charge is -2.13. The molecule has 0 atom stereocenters. The van der Waals surface area contributed by atoms with Crippen molar-refractivity contribution in [1.82, 2.24) is 14.8 Å². The van der Waals surface area contributed by atoms with Crippen LogP contribution in [-0.4, -0.2) is 54.1 Å². The summed E-state index contributed by atoms with van der Waals surface area (Å²) < 4.78 is 38.5. The second kappa shape index (κ2) is 12.2. The average Bonchev–Trinajstić information content (AvgIpc) is 3.11. The number of rotatable bonds is 9. The number of benzene rings is 1. The highest BCUT2D eigenvalue weighted by Gasteiger charge is 2.28. The van der Waals surface area contributed by atoms with Gasteiger partial charge in [-0.15, -0.1) is 11.3 Å². The minimum absolute atomic E-state index is 0.0474. The number of amides is 2. The lowest BCUT2D eigenvalue weighted by molar-refractivity contribution is -0.135. The van der Waals surface area contributed by atoms with Crippen LogP contribution in [0.15, 0.2) is 29.1 Å². The third-order valence-corrected chi connectivity index (χ3v) is 5.83.